The van der Waals surface area contributed by atoms with Crippen LogP contribution in [-0.2, 0) is 10.0 Å². The molecule has 0 amide bonds. The Morgan fingerprint density at radius 2 is 1.94 bits per heavy atom. The summed E-state index contributed by atoms with van der Waals surface area (Å²) in [5.41, 5.74) is 1.16. The fourth-order valence-corrected chi connectivity index (χ4v) is 5.14. The molecule has 1 aromatic heterocycles. The van der Waals surface area contributed by atoms with E-state index in [0.29, 0.717) is 24.5 Å². The molecule has 0 saturated carbocycles. The molecule has 0 radical (unpaired) electrons. The molecule has 12 heteroatoms. The van der Waals surface area contributed by atoms with E-state index < -0.39 is 26.6 Å². The highest BCUT2D eigenvalue weighted by Gasteiger charge is 2.23. The summed E-state index contributed by atoms with van der Waals surface area (Å²) < 4.78 is 56.1. The molecular weight excluding hydrogens is 480 g/mol. The van der Waals surface area contributed by atoms with Crippen LogP contribution in [0.5, 0.6) is 0 Å². The Kier molecular flexibility index (Phi) is 7.55. The first-order valence-corrected chi connectivity index (χ1v) is 12.1. The van der Waals surface area contributed by atoms with Gasteiger partial charge in [0.25, 0.3) is 10.0 Å². The topological polar surface area (TPSA) is 86.4 Å². The van der Waals surface area contributed by atoms with Crippen molar-refractivity contribution in [3.8, 4) is 0 Å². The van der Waals surface area contributed by atoms with Crippen molar-refractivity contribution in [1.29, 1.82) is 0 Å². The number of nitrogens with zero attached hydrogens (tertiary/aromatic N) is 2. The van der Waals surface area contributed by atoms with Gasteiger partial charge in [0.2, 0.25) is 0 Å². The number of anilines is 4. The maximum atomic E-state index is 14.8. The summed E-state index contributed by atoms with van der Waals surface area (Å²) in [6.07, 6.45) is 1.51. The second kappa shape index (κ2) is 9.99. The molecule has 0 spiro atoms. The van der Waals surface area contributed by atoms with Crippen molar-refractivity contribution < 1.29 is 17.2 Å². The number of hydrogen-bond donors (Lipinski definition) is 3. The highest BCUT2D eigenvalue weighted by molar-refractivity contribution is 7.93. The summed E-state index contributed by atoms with van der Waals surface area (Å²) >= 11 is 7.41. The minimum absolute atomic E-state index is 0.0183. The third-order valence-electron chi connectivity index (χ3n) is 4.49. The van der Waals surface area contributed by atoms with Crippen LogP contribution in [0.1, 0.15) is 4.88 Å². The van der Waals surface area contributed by atoms with Crippen molar-refractivity contribution in [1.82, 2.24) is 10.3 Å². The number of thiazole rings is 1. The maximum Gasteiger partial charge on any atom is 0.266 e. The average Bonchev–Trinajstić information content (AvgIpc) is 3.13. The summed E-state index contributed by atoms with van der Waals surface area (Å²) in [5, 5.41) is 6.09. The Balaban J connectivity index is 1.91. The van der Waals surface area contributed by atoms with Gasteiger partial charge in [-0.25, -0.2) is 22.2 Å². The number of aromatic nitrogens is 1. The highest BCUT2D eigenvalue weighted by atomic mass is 35.5. The molecule has 3 rings (SSSR count). The van der Waals surface area contributed by atoms with E-state index in [1.807, 2.05) is 4.90 Å². The van der Waals surface area contributed by atoms with E-state index in [2.05, 4.69) is 20.3 Å². The standard InChI is InChI=1S/C20H22ClF2N5O2S2/c1-12-11-25-20(31-12)27-32(29,30)19-9-14(21)17(10-15(19)23)26-16-5-4-13(22)8-18(16)28(3)7-6-24-2/h4-5,8-11,24,26H,6-7H2,1-3H3,(H,25,27). The lowest BCUT2D eigenvalue weighted by Crippen LogP contribution is -2.27. The van der Waals surface area contributed by atoms with E-state index in [1.165, 1.54) is 24.4 Å². The third kappa shape index (κ3) is 5.66. The molecule has 0 bridgehead atoms. The Morgan fingerprint density at radius 3 is 2.59 bits per heavy atom. The van der Waals surface area contributed by atoms with Gasteiger partial charge >= 0.3 is 0 Å². The molecule has 3 N–H and O–H groups in total. The monoisotopic (exact) mass is 501 g/mol. The molecule has 0 aliphatic rings. The number of benzene rings is 2. The highest BCUT2D eigenvalue weighted by Crippen LogP contribution is 2.35. The van der Waals surface area contributed by atoms with Gasteiger partial charge in [-0.2, -0.15) is 0 Å². The zero-order valence-corrected chi connectivity index (χ0v) is 19.9. The maximum absolute atomic E-state index is 14.8. The van der Waals surface area contributed by atoms with Crippen LogP contribution >= 0.6 is 22.9 Å². The molecule has 2 aromatic carbocycles. The summed E-state index contributed by atoms with van der Waals surface area (Å²) in [6, 6.07) is 6.13. The third-order valence-corrected chi connectivity index (χ3v) is 7.12. The lowest BCUT2D eigenvalue weighted by molar-refractivity contribution is 0.570. The lowest BCUT2D eigenvalue weighted by atomic mass is 10.2. The van der Waals surface area contributed by atoms with Crippen molar-refractivity contribution in [3.63, 3.8) is 0 Å². The van der Waals surface area contributed by atoms with Crippen molar-refractivity contribution in [2.75, 3.05) is 42.1 Å². The molecule has 0 aliphatic carbocycles. The summed E-state index contributed by atoms with van der Waals surface area (Å²) in [7, 11) is -0.635. The Bertz CT molecular complexity index is 1220. The quantitative estimate of drug-likeness (QED) is 0.398. The van der Waals surface area contributed by atoms with Crippen LogP contribution in [-0.4, -0.2) is 40.6 Å². The number of rotatable bonds is 9. The minimum atomic E-state index is -4.23. The van der Waals surface area contributed by atoms with Crippen LogP contribution in [0.3, 0.4) is 0 Å². The predicted octanol–water partition coefficient (Wildman–Crippen LogP) is 4.58. The molecular formula is C20H22ClF2N5O2S2. The van der Waals surface area contributed by atoms with E-state index in [0.717, 1.165) is 28.3 Å². The van der Waals surface area contributed by atoms with E-state index in [1.54, 1.807) is 21.0 Å². The van der Waals surface area contributed by atoms with Crippen LogP contribution < -0.4 is 20.3 Å². The predicted molar refractivity (Wildman–Crippen MR) is 126 cm³/mol. The SMILES string of the molecule is CNCCN(C)c1cc(F)ccc1Nc1cc(F)c(S(=O)(=O)Nc2ncc(C)s2)cc1Cl. The summed E-state index contributed by atoms with van der Waals surface area (Å²) in [4.78, 5) is 5.95. The zero-order valence-electron chi connectivity index (χ0n) is 17.5. The number of halogens is 3. The number of likely N-dealkylation sites (N-methyl/N-ethyl adjacent to an activating group) is 2. The van der Waals surface area contributed by atoms with Gasteiger partial charge in [-0.3, -0.25) is 4.72 Å². The fourth-order valence-electron chi connectivity index (χ4n) is 2.87. The lowest BCUT2D eigenvalue weighted by Gasteiger charge is -2.23. The Hall–Kier alpha value is -2.47. The number of nitrogens with one attached hydrogen (secondary N) is 3. The largest absolute Gasteiger partial charge is 0.372 e. The molecule has 32 heavy (non-hydrogen) atoms. The van der Waals surface area contributed by atoms with Gasteiger partial charge in [0.15, 0.2) is 5.13 Å². The van der Waals surface area contributed by atoms with E-state index >= 15 is 0 Å². The minimum Gasteiger partial charge on any atom is -0.372 e. The van der Waals surface area contributed by atoms with Gasteiger partial charge < -0.3 is 15.5 Å². The molecule has 3 aromatic rings. The second-order valence-electron chi connectivity index (χ2n) is 6.96. The fraction of sp³-hybridized carbons (Fsp3) is 0.250. The van der Waals surface area contributed by atoms with Crippen LogP contribution in [0, 0.1) is 18.6 Å². The Morgan fingerprint density at radius 1 is 1.19 bits per heavy atom. The van der Waals surface area contributed by atoms with Gasteiger partial charge in [0.1, 0.15) is 16.5 Å². The van der Waals surface area contributed by atoms with Crippen LogP contribution in [0.15, 0.2) is 41.4 Å². The molecule has 0 atom stereocenters. The Labute approximate surface area is 194 Å². The molecule has 0 saturated heterocycles. The molecule has 0 aliphatic heterocycles. The van der Waals surface area contributed by atoms with E-state index in [9.17, 15) is 17.2 Å². The second-order valence-corrected chi connectivity index (χ2v) is 10.2. The van der Waals surface area contributed by atoms with Crippen LogP contribution in [0.2, 0.25) is 5.02 Å². The van der Waals surface area contributed by atoms with Crippen molar-refractivity contribution in [3.05, 3.63) is 58.1 Å². The van der Waals surface area contributed by atoms with Crippen LogP contribution in [0.25, 0.3) is 0 Å². The molecule has 0 fully saturated rings. The van der Waals surface area contributed by atoms with Crippen molar-refractivity contribution >= 4 is 55.2 Å². The van der Waals surface area contributed by atoms with Crippen molar-refractivity contribution in [2.45, 2.75) is 11.8 Å². The number of aryl methyl sites for hydroxylation is 1. The van der Waals surface area contributed by atoms with Gasteiger partial charge in [-0.05, 0) is 38.2 Å². The first-order valence-electron chi connectivity index (χ1n) is 9.47. The first kappa shape index (κ1) is 24.2. The molecule has 0 unspecified atom stereocenters. The number of hydrogen-bond acceptors (Lipinski definition) is 7. The molecule has 1 heterocycles. The average molecular weight is 502 g/mol. The number of sulfonamides is 1. The zero-order chi connectivity index (χ0) is 23.5. The molecule has 7 nitrogen and oxygen atoms in total. The van der Waals surface area contributed by atoms with Gasteiger partial charge in [0, 0.05) is 37.3 Å². The summed E-state index contributed by atoms with van der Waals surface area (Å²) in [5.74, 6) is -1.42. The molecule has 172 valence electrons. The van der Waals surface area contributed by atoms with Gasteiger partial charge in [-0.1, -0.05) is 11.6 Å². The summed E-state index contributed by atoms with van der Waals surface area (Å²) in [6.45, 7) is 3.03. The van der Waals surface area contributed by atoms with E-state index in [-0.39, 0.29) is 15.8 Å². The first-order chi connectivity index (χ1) is 15.1. The van der Waals surface area contributed by atoms with Gasteiger partial charge in [-0.15, -0.1) is 11.3 Å². The van der Waals surface area contributed by atoms with E-state index in [4.69, 9.17) is 11.6 Å². The van der Waals surface area contributed by atoms with Crippen molar-refractivity contribution in [2.24, 2.45) is 0 Å². The van der Waals surface area contributed by atoms with Gasteiger partial charge in [0.05, 0.1) is 22.1 Å². The van der Waals surface area contributed by atoms with Crippen LogP contribution in [0.4, 0.5) is 31.0 Å². The smallest absolute Gasteiger partial charge is 0.266 e. The normalized spacial score (nSPS) is 11.4.